The van der Waals surface area contributed by atoms with Crippen molar-refractivity contribution in [1.29, 1.82) is 0 Å². The lowest BCUT2D eigenvalue weighted by atomic mass is 10.2. The predicted molar refractivity (Wildman–Crippen MR) is 50.4 cm³/mol. The molecule has 76 valence electrons. The number of alkyl halides is 2. The number of nitrogens with two attached hydrogens (primary N) is 1. The van der Waals surface area contributed by atoms with Gasteiger partial charge in [0.15, 0.2) is 0 Å². The van der Waals surface area contributed by atoms with E-state index in [1.54, 1.807) is 0 Å². The molecule has 0 saturated carbocycles. The fourth-order valence-corrected chi connectivity index (χ4v) is 1.30. The molecule has 1 heterocycles. The van der Waals surface area contributed by atoms with Crippen molar-refractivity contribution in [2.75, 3.05) is 0 Å². The second-order valence-corrected chi connectivity index (χ2v) is 3.52. The lowest BCUT2D eigenvalue weighted by Crippen LogP contribution is -2.15. The van der Waals surface area contributed by atoms with Crippen LogP contribution in [0.25, 0.3) is 0 Å². The summed E-state index contributed by atoms with van der Waals surface area (Å²) in [4.78, 5) is 14.2. The standard InChI is InChI=1S/C7H4BrClF2N2O/c8-5-3(9)1-2(7(12)14)4(13-5)6(10)11/h1,6H,(H2,12,14). The number of carbonyl (C=O) groups is 1. The molecule has 0 radical (unpaired) electrons. The third-order valence-electron chi connectivity index (χ3n) is 1.43. The minimum absolute atomic E-state index is 0.0551. The van der Waals surface area contributed by atoms with Crippen LogP contribution in [-0.2, 0) is 0 Å². The predicted octanol–water partition coefficient (Wildman–Crippen LogP) is 2.53. The van der Waals surface area contributed by atoms with Crippen LogP contribution in [0, 0.1) is 0 Å². The maximum Gasteiger partial charge on any atom is 0.281 e. The average Bonchev–Trinajstić information content (AvgIpc) is 2.08. The summed E-state index contributed by atoms with van der Waals surface area (Å²) in [6.07, 6.45) is -2.87. The van der Waals surface area contributed by atoms with Crippen LogP contribution in [0.15, 0.2) is 10.7 Å². The number of aromatic nitrogens is 1. The molecule has 0 atom stereocenters. The first-order valence-corrected chi connectivity index (χ1v) is 4.54. The van der Waals surface area contributed by atoms with Crippen molar-refractivity contribution in [3.8, 4) is 0 Å². The number of primary amides is 1. The molecule has 0 fully saturated rings. The van der Waals surface area contributed by atoms with Gasteiger partial charge in [-0.05, 0) is 22.0 Å². The molecule has 1 aromatic heterocycles. The van der Waals surface area contributed by atoms with E-state index in [4.69, 9.17) is 17.3 Å². The SMILES string of the molecule is NC(=O)c1cc(Cl)c(Br)nc1C(F)F. The Morgan fingerprint density at radius 1 is 1.64 bits per heavy atom. The summed E-state index contributed by atoms with van der Waals surface area (Å²) in [7, 11) is 0. The maximum atomic E-state index is 12.4. The lowest BCUT2D eigenvalue weighted by molar-refractivity contribution is 0.0983. The van der Waals surface area contributed by atoms with E-state index < -0.39 is 18.0 Å². The van der Waals surface area contributed by atoms with E-state index in [2.05, 4.69) is 20.9 Å². The number of nitrogens with zero attached hydrogens (tertiary/aromatic N) is 1. The van der Waals surface area contributed by atoms with Crippen molar-refractivity contribution < 1.29 is 13.6 Å². The highest BCUT2D eigenvalue weighted by Crippen LogP contribution is 2.28. The number of carbonyl (C=O) groups excluding carboxylic acids is 1. The number of rotatable bonds is 2. The molecule has 14 heavy (non-hydrogen) atoms. The smallest absolute Gasteiger partial charge is 0.281 e. The normalized spacial score (nSPS) is 10.6. The summed E-state index contributed by atoms with van der Waals surface area (Å²) in [6.45, 7) is 0. The van der Waals surface area contributed by atoms with Crippen molar-refractivity contribution in [3.05, 3.63) is 26.9 Å². The molecule has 7 heteroatoms. The number of amides is 1. The molecular formula is C7H4BrClF2N2O. The van der Waals surface area contributed by atoms with Gasteiger partial charge in [0.1, 0.15) is 10.3 Å². The van der Waals surface area contributed by atoms with Crippen LogP contribution in [0.5, 0.6) is 0 Å². The van der Waals surface area contributed by atoms with E-state index >= 15 is 0 Å². The van der Waals surface area contributed by atoms with Crippen LogP contribution in [0.2, 0.25) is 5.02 Å². The number of halogens is 4. The highest BCUT2D eigenvalue weighted by Gasteiger charge is 2.20. The van der Waals surface area contributed by atoms with Crippen molar-refractivity contribution in [3.63, 3.8) is 0 Å². The molecule has 1 aromatic rings. The first kappa shape index (κ1) is 11.3. The Kier molecular flexibility index (Phi) is 3.38. The molecule has 2 N–H and O–H groups in total. The van der Waals surface area contributed by atoms with Crippen LogP contribution < -0.4 is 5.73 Å². The van der Waals surface area contributed by atoms with E-state index in [-0.39, 0.29) is 15.2 Å². The minimum Gasteiger partial charge on any atom is -0.366 e. The van der Waals surface area contributed by atoms with E-state index in [0.29, 0.717) is 0 Å². The molecule has 0 saturated heterocycles. The Hall–Kier alpha value is -0.750. The van der Waals surface area contributed by atoms with E-state index in [1.165, 1.54) is 0 Å². The van der Waals surface area contributed by atoms with Crippen LogP contribution in [0.3, 0.4) is 0 Å². The van der Waals surface area contributed by atoms with Crippen LogP contribution >= 0.6 is 27.5 Å². The van der Waals surface area contributed by atoms with Gasteiger partial charge in [-0.15, -0.1) is 0 Å². The lowest BCUT2D eigenvalue weighted by Gasteiger charge is -2.06. The fourth-order valence-electron chi connectivity index (χ4n) is 0.843. The quantitative estimate of drug-likeness (QED) is 0.849. The zero-order chi connectivity index (χ0) is 10.9. The Morgan fingerprint density at radius 3 is 2.64 bits per heavy atom. The van der Waals surface area contributed by atoms with Gasteiger partial charge in [-0.25, -0.2) is 13.8 Å². The molecule has 3 nitrogen and oxygen atoms in total. The molecule has 1 amide bonds. The monoisotopic (exact) mass is 284 g/mol. The van der Waals surface area contributed by atoms with Gasteiger partial charge in [0, 0.05) is 0 Å². The number of pyridine rings is 1. The molecular weight excluding hydrogens is 281 g/mol. The third-order valence-corrected chi connectivity index (χ3v) is 2.56. The summed E-state index contributed by atoms with van der Waals surface area (Å²) >= 11 is 8.44. The second-order valence-electron chi connectivity index (χ2n) is 2.36. The molecule has 0 aromatic carbocycles. The van der Waals surface area contributed by atoms with Crippen molar-refractivity contribution in [2.24, 2.45) is 5.73 Å². The van der Waals surface area contributed by atoms with Crippen LogP contribution in [0.4, 0.5) is 8.78 Å². The highest BCUT2D eigenvalue weighted by molar-refractivity contribution is 9.10. The van der Waals surface area contributed by atoms with Crippen molar-refractivity contribution in [1.82, 2.24) is 4.98 Å². The van der Waals surface area contributed by atoms with Gasteiger partial charge in [0.2, 0.25) is 0 Å². The topological polar surface area (TPSA) is 56.0 Å². The number of hydrogen-bond donors (Lipinski definition) is 1. The third kappa shape index (κ3) is 2.19. The highest BCUT2D eigenvalue weighted by atomic mass is 79.9. The Balaban J connectivity index is 3.39. The molecule has 0 aliphatic rings. The van der Waals surface area contributed by atoms with Gasteiger partial charge >= 0.3 is 0 Å². The summed E-state index contributed by atoms with van der Waals surface area (Å²) in [5.41, 5.74) is 3.85. The fraction of sp³-hybridized carbons (Fsp3) is 0.143. The van der Waals surface area contributed by atoms with Gasteiger partial charge in [0.05, 0.1) is 10.6 Å². The Bertz CT molecular complexity index is 386. The Labute approximate surface area is 91.4 Å². The minimum atomic E-state index is -2.87. The second kappa shape index (κ2) is 4.18. The largest absolute Gasteiger partial charge is 0.366 e. The zero-order valence-corrected chi connectivity index (χ0v) is 8.94. The van der Waals surface area contributed by atoms with Crippen LogP contribution in [-0.4, -0.2) is 10.9 Å². The van der Waals surface area contributed by atoms with E-state index in [0.717, 1.165) is 6.07 Å². The first-order chi connectivity index (χ1) is 6.43. The average molecular weight is 285 g/mol. The summed E-state index contributed by atoms with van der Waals surface area (Å²) in [6, 6.07) is 1.06. The summed E-state index contributed by atoms with van der Waals surface area (Å²) < 4.78 is 24.8. The molecule has 0 unspecified atom stereocenters. The molecule has 0 bridgehead atoms. The van der Waals surface area contributed by atoms with E-state index in [1.807, 2.05) is 0 Å². The van der Waals surface area contributed by atoms with Gasteiger partial charge in [-0.1, -0.05) is 11.6 Å². The summed E-state index contributed by atoms with van der Waals surface area (Å²) in [5.74, 6) is -0.984. The van der Waals surface area contributed by atoms with Gasteiger partial charge in [-0.2, -0.15) is 0 Å². The number of hydrogen-bond acceptors (Lipinski definition) is 2. The van der Waals surface area contributed by atoms with Gasteiger partial charge in [0.25, 0.3) is 12.3 Å². The maximum absolute atomic E-state index is 12.4. The van der Waals surface area contributed by atoms with E-state index in [9.17, 15) is 13.6 Å². The van der Waals surface area contributed by atoms with Gasteiger partial charge in [-0.3, -0.25) is 4.79 Å². The molecule has 0 aliphatic heterocycles. The zero-order valence-electron chi connectivity index (χ0n) is 6.60. The van der Waals surface area contributed by atoms with Crippen molar-refractivity contribution in [2.45, 2.75) is 6.43 Å². The van der Waals surface area contributed by atoms with Gasteiger partial charge < -0.3 is 5.73 Å². The van der Waals surface area contributed by atoms with Crippen LogP contribution in [0.1, 0.15) is 22.5 Å². The molecule has 0 spiro atoms. The molecule has 1 rings (SSSR count). The first-order valence-electron chi connectivity index (χ1n) is 3.37. The molecule has 0 aliphatic carbocycles. The van der Waals surface area contributed by atoms with Crippen molar-refractivity contribution >= 4 is 33.4 Å². The Morgan fingerprint density at radius 2 is 2.21 bits per heavy atom. The summed E-state index contributed by atoms with van der Waals surface area (Å²) in [5, 5.41) is 0.0585.